The van der Waals surface area contributed by atoms with Gasteiger partial charge in [0.05, 0.1) is 6.54 Å². The van der Waals surface area contributed by atoms with Gasteiger partial charge in [0, 0.05) is 17.0 Å². The lowest BCUT2D eigenvalue weighted by molar-refractivity contribution is 0.253. The van der Waals surface area contributed by atoms with Crippen LogP contribution in [0.4, 0.5) is 0 Å². The summed E-state index contributed by atoms with van der Waals surface area (Å²) >= 11 is 6.32. The topological polar surface area (TPSA) is 50.4 Å². The average Bonchev–Trinajstić information content (AvgIpc) is 2.37. The van der Waals surface area contributed by atoms with E-state index in [9.17, 15) is 0 Å². The minimum atomic E-state index is 0. The van der Waals surface area contributed by atoms with Crippen molar-refractivity contribution in [2.45, 2.75) is 38.0 Å². The molecular weight excluding hydrogens is 385 g/mol. The van der Waals surface area contributed by atoms with Crippen molar-refractivity contribution in [1.29, 1.82) is 0 Å². The summed E-state index contributed by atoms with van der Waals surface area (Å²) in [7, 11) is 0. The molecule has 3 N–H and O–H groups in total. The first-order chi connectivity index (χ1) is 9.18. The fraction of sp³-hybridized carbons (Fsp3) is 0.533. The van der Waals surface area contributed by atoms with E-state index in [1.807, 2.05) is 18.2 Å². The van der Waals surface area contributed by atoms with Gasteiger partial charge < -0.3 is 11.1 Å². The molecule has 1 aromatic carbocycles. The third-order valence-corrected chi connectivity index (χ3v) is 4.19. The third kappa shape index (κ3) is 4.01. The molecular formula is C15H23ClIN3. The van der Waals surface area contributed by atoms with E-state index in [1.165, 1.54) is 12.0 Å². The lowest BCUT2D eigenvalue weighted by Gasteiger charge is -2.41. The fourth-order valence-corrected chi connectivity index (χ4v) is 2.89. The Morgan fingerprint density at radius 3 is 2.65 bits per heavy atom. The number of hydrogen-bond acceptors (Lipinski definition) is 1. The molecule has 0 amide bonds. The summed E-state index contributed by atoms with van der Waals surface area (Å²) < 4.78 is 0. The number of nitrogens with one attached hydrogen (secondary N) is 1. The zero-order valence-electron chi connectivity index (χ0n) is 11.9. The van der Waals surface area contributed by atoms with Gasteiger partial charge in [-0.15, -0.1) is 24.0 Å². The lowest BCUT2D eigenvalue weighted by atomic mass is 9.64. The predicted molar refractivity (Wildman–Crippen MR) is 97.2 cm³/mol. The Kier molecular flexibility index (Phi) is 7.09. The van der Waals surface area contributed by atoms with Crippen molar-refractivity contribution in [3.8, 4) is 0 Å². The van der Waals surface area contributed by atoms with E-state index in [0.29, 0.717) is 5.96 Å². The van der Waals surface area contributed by atoms with Crippen molar-refractivity contribution in [1.82, 2.24) is 5.32 Å². The van der Waals surface area contributed by atoms with E-state index in [-0.39, 0.29) is 29.4 Å². The summed E-state index contributed by atoms with van der Waals surface area (Å²) in [6, 6.07) is 8.09. The number of nitrogens with two attached hydrogens (primary N) is 1. The number of aliphatic imine (C=N–C) groups is 1. The molecule has 20 heavy (non-hydrogen) atoms. The monoisotopic (exact) mass is 407 g/mol. The van der Waals surface area contributed by atoms with Gasteiger partial charge in [0.2, 0.25) is 0 Å². The summed E-state index contributed by atoms with van der Waals surface area (Å²) in [5.74, 6) is 0.542. The molecule has 0 saturated heterocycles. The second kappa shape index (κ2) is 8.08. The summed E-state index contributed by atoms with van der Waals surface area (Å²) in [5, 5.41) is 3.96. The molecule has 1 aromatic rings. The van der Waals surface area contributed by atoms with Crippen LogP contribution in [0.15, 0.2) is 29.3 Å². The van der Waals surface area contributed by atoms with Crippen LogP contribution >= 0.6 is 35.6 Å². The van der Waals surface area contributed by atoms with Crippen molar-refractivity contribution in [3.63, 3.8) is 0 Å². The van der Waals surface area contributed by atoms with Crippen LogP contribution in [0.1, 0.15) is 38.2 Å². The molecule has 0 unspecified atom stereocenters. The SMILES string of the molecule is CCCNC(N)=NCC1(c2ccccc2Cl)CCC1.I. The highest BCUT2D eigenvalue weighted by atomic mass is 127. The molecule has 0 bridgehead atoms. The van der Waals surface area contributed by atoms with E-state index in [1.54, 1.807) is 0 Å². The van der Waals surface area contributed by atoms with Crippen molar-refractivity contribution in [3.05, 3.63) is 34.9 Å². The highest BCUT2D eigenvalue weighted by Crippen LogP contribution is 2.46. The van der Waals surface area contributed by atoms with Gasteiger partial charge in [0.1, 0.15) is 0 Å². The Morgan fingerprint density at radius 1 is 1.40 bits per heavy atom. The van der Waals surface area contributed by atoms with Gasteiger partial charge in [-0.25, -0.2) is 0 Å². The zero-order chi connectivity index (χ0) is 13.7. The molecule has 5 heteroatoms. The van der Waals surface area contributed by atoms with E-state index in [2.05, 4.69) is 23.3 Å². The van der Waals surface area contributed by atoms with Crippen molar-refractivity contribution in [2.24, 2.45) is 10.7 Å². The van der Waals surface area contributed by atoms with E-state index in [4.69, 9.17) is 17.3 Å². The minimum absolute atomic E-state index is 0. The first-order valence-corrected chi connectivity index (χ1v) is 7.34. The van der Waals surface area contributed by atoms with Gasteiger partial charge in [0.15, 0.2) is 5.96 Å². The summed E-state index contributed by atoms with van der Waals surface area (Å²) in [4.78, 5) is 4.50. The molecule has 2 rings (SSSR count). The standard InChI is InChI=1S/C15H22ClN3.HI/c1-2-10-18-14(17)19-11-15(8-5-9-15)12-6-3-4-7-13(12)16;/h3-4,6-7H,2,5,8-11H2,1H3,(H3,17,18,19);1H. The molecule has 0 spiro atoms. The number of rotatable bonds is 5. The number of hydrogen-bond donors (Lipinski definition) is 2. The molecule has 1 aliphatic rings. The highest BCUT2D eigenvalue weighted by Gasteiger charge is 2.39. The molecule has 0 atom stereocenters. The van der Waals surface area contributed by atoms with Crippen LogP contribution in [0.5, 0.6) is 0 Å². The minimum Gasteiger partial charge on any atom is -0.370 e. The average molecular weight is 408 g/mol. The van der Waals surface area contributed by atoms with E-state index >= 15 is 0 Å². The van der Waals surface area contributed by atoms with Gasteiger partial charge in [-0.05, 0) is 30.9 Å². The molecule has 112 valence electrons. The van der Waals surface area contributed by atoms with Gasteiger partial charge in [-0.2, -0.15) is 0 Å². The number of nitrogens with zero attached hydrogens (tertiary/aromatic N) is 1. The molecule has 3 nitrogen and oxygen atoms in total. The smallest absolute Gasteiger partial charge is 0.188 e. The van der Waals surface area contributed by atoms with Crippen molar-refractivity contribution in [2.75, 3.05) is 13.1 Å². The van der Waals surface area contributed by atoms with Crippen molar-refractivity contribution >= 4 is 41.5 Å². The summed E-state index contributed by atoms with van der Waals surface area (Å²) in [5.41, 5.74) is 7.18. The van der Waals surface area contributed by atoms with E-state index in [0.717, 1.165) is 37.4 Å². The predicted octanol–water partition coefficient (Wildman–Crippen LogP) is 3.69. The van der Waals surface area contributed by atoms with Crippen LogP contribution in [0.25, 0.3) is 0 Å². The van der Waals surface area contributed by atoms with Gasteiger partial charge in [-0.1, -0.05) is 43.1 Å². The van der Waals surface area contributed by atoms with Gasteiger partial charge >= 0.3 is 0 Å². The Hall–Kier alpha value is -0.490. The Morgan fingerprint density at radius 2 is 2.10 bits per heavy atom. The molecule has 0 radical (unpaired) electrons. The molecule has 0 aromatic heterocycles. The molecule has 1 saturated carbocycles. The van der Waals surface area contributed by atoms with Crippen molar-refractivity contribution < 1.29 is 0 Å². The zero-order valence-corrected chi connectivity index (χ0v) is 14.9. The summed E-state index contributed by atoms with van der Waals surface area (Å²) in [6.45, 7) is 3.70. The first-order valence-electron chi connectivity index (χ1n) is 6.97. The van der Waals surface area contributed by atoms with Crippen LogP contribution in [0.2, 0.25) is 5.02 Å². The molecule has 0 heterocycles. The quantitative estimate of drug-likeness (QED) is 0.444. The fourth-order valence-electron chi connectivity index (χ4n) is 2.55. The Bertz CT molecular complexity index is 458. The maximum atomic E-state index is 6.32. The van der Waals surface area contributed by atoms with Crippen LogP contribution < -0.4 is 11.1 Å². The largest absolute Gasteiger partial charge is 0.370 e. The van der Waals surface area contributed by atoms with Gasteiger partial charge in [-0.3, -0.25) is 4.99 Å². The Labute approximate surface area is 143 Å². The highest BCUT2D eigenvalue weighted by molar-refractivity contribution is 14.0. The summed E-state index contributed by atoms with van der Waals surface area (Å²) in [6.07, 6.45) is 4.57. The molecule has 1 aliphatic carbocycles. The lowest BCUT2D eigenvalue weighted by Crippen LogP contribution is -2.40. The van der Waals surface area contributed by atoms with Crippen LogP contribution in [-0.4, -0.2) is 19.0 Å². The second-order valence-corrected chi connectivity index (χ2v) is 5.65. The maximum absolute atomic E-state index is 6.32. The van der Waals surface area contributed by atoms with E-state index < -0.39 is 0 Å². The van der Waals surface area contributed by atoms with Crippen LogP contribution in [0.3, 0.4) is 0 Å². The van der Waals surface area contributed by atoms with Crippen LogP contribution in [-0.2, 0) is 5.41 Å². The normalized spacial score (nSPS) is 17.0. The number of benzene rings is 1. The second-order valence-electron chi connectivity index (χ2n) is 5.24. The number of halogens is 2. The first kappa shape index (κ1) is 17.6. The third-order valence-electron chi connectivity index (χ3n) is 3.86. The number of guanidine groups is 1. The maximum Gasteiger partial charge on any atom is 0.188 e. The van der Waals surface area contributed by atoms with Crippen LogP contribution in [0, 0.1) is 0 Å². The molecule has 1 fully saturated rings. The Balaban J connectivity index is 0.00000200. The molecule has 0 aliphatic heterocycles. The van der Waals surface area contributed by atoms with Gasteiger partial charge in [0.25, 0.3) is 0 Å².